The molecular weight excluding hydrogens is 440 g/mol. The van der Waals surface area contributed by atoms with Gasteiger partial charge >= 0.3 is 5.97 Å². The van der Waals surface area contributed by atoms with Crippen molar-refractivity contribution in [2.45, 2.75) is 112 Å². The third-order valence-corrected chi connectivity index (χ3v) is 12.4. The van der Waals surface area contributed by atoms with Crippen molar-refractivity contribution in [1.82, 2.24) is 0 Å². The van der Waals surface area contributed by atoms with Crippen LogP contribution in [0.15, 0.2) is 11.6 Å². The van der Waals surface area contributed by atoms with Crippen molar-refractivity contribution in [3.05, 3.63) is 11.6 Å². The second-order valence-electron chi connectivity index (χ2n) is 13.8. The van der Waals surface area contributed by atoms with Gasteiger partial charge in [0.1, 0.15) is 11.6 Å². The molecule has 196 valence electrons. The zero-order valence-corrected chi connectivity index (χ0v) is 22.9. The van der Waals surface area contributed by atoms with Gasteiger partial charge in [-0.25, -0.2) is 4.79 Å². The van der Waals surface area contributed by atoms with Crippen LogP contribution in [0.2, 0.25) is 0 Å². The number of carbonyl (C=O) groups excluding carboxylic acids is 2. The number of carboxylic acid groups (broad SMARTS) is 1. The molecule has 4 fully saturated rings. The number of aliphatic hydroxyl groups excluding tert-OH is 1. The molecule has 0 aromatic carbocycles. The first-order chi connectivity index (χ1) is 16.1. The van der Waals surface area contributed by atoms with E-state index in [0.717, 1.165) is 32.1 Å². The van der Waals surface area contributed by atoms with Crippen LogP contribution in [-0.4, -0.2) is 33.9 Å². The first-order valence-corrected chi connectivity index (χ1v) is 13.8. The summed E-state index contributed by atoms with van der Waals surface area (Å²) in [7, 11) is 0. The fourth-order valence-corrected chi connectivity index (χ4v) is 9.74. The van der Waals surface area contributed by atoms with E-state index in [9.17, 15) is 19.5 Å². The van der Waals surface area contributed by atoms with Crippen molar-refractivity contribution in [1.29, 1.82) is 0 Å². The smallest absolute Gasteiger partial charge is 0.330 e. The maximum absolute atomic E-state index is 14.7. The van der Waals surface area contributed by atoms with Crippen LogP contribution < -0.4 is 0 Å². The quantitative estimate of drug-likeness (QED) is 0.466. The van der Waals surface area contributed by atoms with Crippen molar-refractivity contribution in [2.24, 2.45) is 44.8 Å². The van der Waals surface area contributed by atoms with Gasteiger partial charge in [0, 0.05) is 22.8 Å². The molecule has 4 aliphatic carbocycles. The van der Waals surface area contributed by atoms with E-state index >= 15 is 0 Å². The van der Waals surface area contributed by atoms with E-state index in [4.69, 9.17) is 5.11 Å². The Morgan fingerprint density at radius 3 is 2.34 bits per heavy atom. The van der Waals surface area contributed by atoms with Crippen LogP contribution in [0.25, 0.3) is 0 Å². The molecule has 8 atom stereocenters. The number of carboxylic acids is 1. The Kier molecular flexibility index (Phi) is 6.27. The van der Waals surface area contributed by atoms with Crippen molar-refractivity contribution in [3.8, 4) is 0 Å². The van der Waals surface area contributed by atoms with Crippen LogP contribution in [0.3, 0.4) is 0 Å². The average Bonchev–Trinajstić information content (AvgIpc) is 3.19. The van der Waals surface area contributed by atoms with Gasteiger partial charge < -0.3 is 10.2 Å². The topological polar surface area (TPSA) is 91.7 Å². The molecule has 2 N–H and O–H groups in total. The highest BCUT2D eigenvalue weighted by atomic mass is 16.4. The Morgan fingerprint density at radius 2 is 1.71 bits per heavy atom. The number of Topliss-reactive ketones (excluding diaryl/α,β-unsaturated/α-hetero) is 2. The summed E-state index contributed by atoms with van der Waals surface area (Å²) in [4.78, 5) is 38.7. The lowest BCUT2D eigenvalue weighted by atomic mass is 9.41. The molecule has 4 saturated carbocycles. The minimum atomic E-state index is -0.865. The number of aliphatic carboxylic acids is 1. The third kappa shape index (κ3) is 3.32. The predicted molar refractivity (Wildman–Crippen MR) is 136 cm³/mol. The lowest BCUT2D eigenvalue weighted by molar-refractivity contribution is -0.182. The molecule has 0 aromatic heterocycles. The van der Waals surface area contributed by atoms with Crippen LogP contribution in [0, 0.1) is 44.8 Å². The Labute approximate surface area is 211 Å². The van der Waals surface area contributed by atoms with Gasteiger partial charge in [-0.05, 0) is 86.9 Å². The monoisotopic (exact) mass is 486 g/mol. The van der Waals surface area contributed by atoms with Crippen LogP contribution in [-0.2, 0) is 14.4 Å². The normalized spacial score (nSPS) is 45.9. The maximum atomic E-state index is 14.7. The van der Waals surface area contributed by atoms with E-state index in [0.29, 0.717) is 43.1 Å². The number of hydrogen-bond donors (Lipinski definition) is 2. The third-order valence-electron chi connectivity index (χ3n) is 12.4. The summed E-state index contributed by atoms with van der Waals surface area (Å²) in [6.07, 6.45) is 8.00. The Morgan fingerprint density at radius 1 is 1.06 bits per heavy atom. The summed E-state index contributed by atoms with van der Waals surface area (Å²) in [5.41, 5.74) is -1.84. The minimum Gasteiger partial charge on any atom is -0.478 e. The number of aliphatic hydroxyl groups is 1. The van der Waals surface area contributed by atoms with Crippen LogP contribution >= 0.6 is 0 Å². The van der Waals surface area contributed by atoms with Crippen molar-refractivity contribution in [2.75, 3.05) is 0 Å². The highest BCUT2D eigenvalue weighted by Crippen LogP contribution is 2.75. The average molecular weight is 487 g/mol. The summed E-state index contributed by atoms with van der Waals surface area (Å²) in [6, 6.07) is 0. The van der Waals surface area contributed by atoms with Crippen molar-refractivity contribution in [3.63, 3.8) is 0 Å². The number of carbonyl (C=O) groups is 3. The van der Waals surface area contributed by atoms with E-state index in [1.54, 1.807) is 6.92 Å². The summed E-state index contributed by atoms with van der Waals surface area (Å²) in [6.45, 7) is 14.6. The Balaban J connectivity index is 1.63. The standard InChI is InChI=1S/C30H46O5/c1-18(9-8-10-19(2)24(33)34)20-11-13-29(7)25(35)30(16-15-27(20,29)5)23(32)17-21-26(3,4)22(31)12-14-28(21,30)6/h10,18,20-21,23,32H,8-9,11-17H2,1-7H3,(H,33,34)/b19-10+/t18-,20-,21-,23+,27-,28-,29+,30-/m0/s1. The fraction of sp³-hybridized carbons (Fsp3) is 0.833. The molecule has 35 heavy (non-hydrogen) atoms. The lowest BCUT2D eigenvalue weighted by Gasteiger charge is -2.61. The van der Waals surface area contributed by atoms with E-state index < -0.39 is 28.3 Å². The van der Waals surface area contributed by atoms with E-state index in [2.05, 4.69) is 27.7 Å². The lowest BCUT2D eigenvalue weighted by Crippen LogP contribution is -2.64. The van der Waals surface area contributed by atoms with Crippen molar-refractivity contribution < 1.29 is 24.6 Å². The van der Waals surface area contributed by atoms with Crippen LogP contribution in [0.4, 0.5) is 0 Å². The van der Waals surface area contributed by atoms with Gasteiger partial charge in [0.15, 0.2) is 0 Å². The van der Waals surface area contributed by atoms with E-state index in [1.165, 1.54) is 0 Å². The second kappa shape index (κ2) is 8.26. The SMILES string of the molecule is C/C(=C\CC[C@H](C)[C@@H]1CC[C@]2(C)C(=O)[C@]3(CC[C@@]12C)[C@H](O)C[C@H]1C(C)(C)C(=O)CC[C@@]13C)C(=O)O. The first kappa shape index (κ1) is 26.6. The molecule has 0 radical (unpaired) electrons. The number of rotatable bonds is 5. The number of ketones is 2. The molecule has 0 saturated heterocycles. The molecular formula is C30H46O5. The molecule has 0 aromatic rings. The molecule has 0 unspecified atom stereocenters. The zero-order valence-electron chi connectivity index (χ0n) is 22.9. The van der Waals surface area contributed by atoms with E-state index in [1.807, 2.05) is 19.9 Å². The highest BCUT2D eigenvalue weighted by Gasteiger charge is 2.76. The molecule has 0 heterocycles. The Bertz CT molecular complexity index is 964. The molecule has 4 rings (SSSR count). The fourth-order valence-electron chi connectivity index (χ4n) is 9.74. The molecule has 5 heteroatoms. The van der Waals surface area contributed by atoms with Gasteiger partial charge in [-0.1, -0.05) is 47.6 Å². The highest BCUT2D eigenvalue weighted by molar-refractivity contribution is 5.95. The first-order valence-electron chi connectivity index (χ1n) is 13.8. The summed E-state index contributed by atoms with van der Waals surface area (Å²) >= 11 is 0. The summed E-state index contributed by atoms with van der Waals surface area (Å²) in [5.74, 6) is 0.492. The van der Waals surface area contributed by atoms with Gasteiger partial charge in [0.2, 0.25) is 0 Å². The molecule has 4 aliphatic rings. The molecule has 0 aliphatic heterocycles. The number of allylic oxidation sites excluding steroid dienone is 1. The zero-order chi connectivity index (χ0) is 26.2. The number of fused-ring (bicyclic) bond motifs is 3. The molecule has 1 spiro atoms. The van der Waals surface area contributed by atoms with Gasteiger partial charge in [-0.2, -0.15) is 0 Å². The molecule has 5 nitrogen and oxygen atoms in total. The van der Waals surface area contributed by atoms with Crippen LogP contribution in [0.5, 0.6) is 0 Å². The minimum absolute atomic E-state index is 0.0311. The molecule has 0 amide bonds. The van der Waals surface area contributed by atoms with Gasteiger partial charge in [0.25, 0.3) is 0 Å². The second-order valence-corrected chi connectivity index (χ2v) is 13.8. The number of hydrogen-bond acceptors (Lipinski definition) is 4. The molecule has 0 bridgehead atoms. The van der Waals surface area contributed by atoms with Gasteiger partial charge in [-0.15, -0.1) is 0 Å². The van der Waals surface area contributed by atoms with Crippen molar-refractivity contribution >= 4 is 17.5 Å². The van der Waals surface area contributed by atoms with E-state index in [-0.39, 0.29) is 28.3 Å². The predicted octanol–water partition coefficient (Wildman–Crippen LogP) is 5.98. The largest absolute Gasteiger partial charge is 0.478 e. The summed E-state index contributed by atoms with van der Waals surface area (Å²) < 4.78 is 0. The van der Waals surface area contributed by atoms with Gasteiger partial charge in [-0.3, -0.25) is 9.59 Å². The Hall–Kier alpha value is -1.49. The maximum Gasteiger partial charge on any atom is 0.330 e. The summed E-state index contributed by atoms with van der Waals surface area (Å²) in [5, 5.41) is 20.8. The van der Waals surface area contributed by atoms with Gasteiger partial charge in [0.05, 0.1) is 11.5 Å². The van der Waals surface area contributed by atoms with Crippen LogP contribution in [0.1, 0.15) is 106 Å².